The second-order valence-corrected chi connectivity index (χ2v) is 5.63. The number of nitrogens with zero attached hydrogens (tertiary/aromatic N) is 7. The van der Waals surface area contributed by atoms with Crippen LogP contribution in [0, 0.1) is 0 Å². The van der Waals surface area contributed by atoms with Crippen molar-refractivity contribution in [3.8, 4) is 22.9 Å². The molecule has 0 spiro atoms. The minimum atomic E-state index is -4.63. The number of halogens is 3. The summed E-state index contributed by atoms with van der Waals surface area (Å²) < 4.78 is 40.2. The van der Waals surface area contributed by atoms with E-state index in [0.717, 1.165) is 0 Å². The molecule has 4 heterocycles. The van der Waals surface area contributed by atoms with E-state index in [-0.39, 0.29) is 11.5 Å². The third-order valence-corrected chi connectivity index (χ3v) is 3.66. The van der Waals surface area contributed by atoms with Crippen LogP contribution in [0.5, 0.6) is 0 Å². The maximum atomic E-state index is 12.8. The van der Waals surface area contributed by atoms with Gasteiger partial charge in [-0.1, -0.05) is 0 Å². The Bertz CT molecular complexity index is 1060. The first kappa shape index (κ1) is 16.1. The minimum Gasteiger partial charge on any atom is -0.363 e. The normalized spacial score (nSPS) is 12.0. The van der Waals surface area contributed by atoms with Crippen molar-refractivity contribution in [3.63, 3.8) is 0 Å². The lowest BCUT2D eigenvalue weighted by molar-refractivity contribution is -0.144. The van der Waals surface area contributed by atoms with Crippen LogP contribution in [0.2, 0.25) is 0 Å². The maximum absolute atomic E-state index is 12.8. The summed E-state index contributed by atoms with van der Waals surface area (Å²) in [7, 11) is 3.65. The number of hydrogen-bond acceptors (Lipinski definition) is 6. The Morgan fingerprint density at radius 2 is 1.96 bits per heavy atom. The number of rotatable bonds is 3. The Morgan fingerprint density at radius 1 is 1.15 bits per heavy atom. The molecule has 0 aliphatic heterocycles. The third-order valence-electron chi connectivity index (χ3n) is 3.66. The van der Waals surface area contributed by atoms with Crippen molar-refractivity contribution in [1.82, 2.24) is 39.5 Å². The molecule has 0 aromatic carbocycles. The van der Waals surface area contributed by atoms with Gasteiger partial charge in [0.25, 0.3) is 0 Å². The summed E-state index contributed by atoms with van der Waals surface area (Å²) >= 11 is 0. The second kappa shape index (κ2) is 5.54. The highest BCUT2D eigenvalue weighted by Crippen LogP contribution is 2.32. The predicted molar refractivity (Wildman–Crippen MR) is 85.3 cm³/mol. The Morgan fingerprint density at radius 3 is 2.58 bits per heavy atom. The fourth-order valence-corrected chi connectivity index (χ4v) is 2.46. The molecular weight excluding hydrogens is 351 g/mol. The van der Waals surface area contributed by atoms with E-state index >= 15 is 0 Å². The highest BCUT2D eigenvalue weighted by molar-refractivity contribution is 5.76. The molecule has 0 unspecified atom stereocenters. The molecule has 0 bridgehead atoms. The van der Waals surface area contributed by atoms with Gasteiger partial charge in [0.05, 0.1) is 18.2 Å². The molecular formula is C14H12F3N9. The fraction of sp³-hybridized carbons (Fsp3) is 0.214. The van der Waals surface area contributed by atoms with E-state index in [0.29, 0.717) is 23.0 Å². The molecule has 0 saturated heterocycles. The van der Waals surface area contributed by atoms with Gasteiger partial charge in [-0.3, -0.25) is 9.50 Å². The smallest absolute Gasteiger partial charge is 0.363 e. The summed E-state index contributed by atoms with van der Waals surface area (Å²) in [5.41, 5.74) is 1.16. The first-order valence-corrected chi connectivity index (χ1v) is 7.40. The second-order valence-electron chi connectivity index (χ2n) is 5.63. The molecule has 4 rings (SSSR count). The van der Waals surface area contributed by atoms with Crippen molar-refractivity contribution < 1.29 is 13.2 Å². The monoisotopic (exact) mass is 363 g/mol. The number of hydrogen-bond donors (Lipinski definition) is 2. The van der Waals surface area contributed by atoms with Crippen molar-refractivity contribution in [2.24, 2.45) is 0 Å². The van der Waals surface area contributed by atoms with Crippen LogP contribution >= 0.6 is 0 Å². The number of imidazole rings is 2. The molecule has 2 N–H and O–H groups in total. The average Bonchev–Trinajstić information content (AvgIpc) is 3.31. The van der Waals surface area contributed by atoms with Crippen molar-refractivity contribution in [2.45, 2.75) is 6.18 Å². The van der Waals surface area contributed by atoms with Gasteiger partial charge in [0.2, 0.25) is 17.4 Å². The number of H-pyrrole nitrogens is 2. The molecule has 0 aliphatic carbocycles. The summed E-state index contributed by atoms with van der Waals surface area (Å²) in [6.45, 7) is 0. The van der Waals surface area contributed by atoms with Crippen LogP contribution in [0.1, 0.15) is 5.82 Å². The number of alkyl halides is 3. The van der Waals surface area contributed by atoms with Gasteiger partial charge in [0, 0.05) is 20.3 Å². The van der Waals surface area contributed by atoms with Crippen LogP contribution in [0.4, 0.5) is 19.0 Å². The third kappa shape index (κ3) is 2.55. The quantitative estimate of drug-likeness (QED) is 0.577. The van der Waals surface area contributed by atoms with Crippen molar-refractivity contribution in [1.29, 1.82) is 0 Å². The molecule has 12 heteroatoms. The minimum absolute atomic E-state index is 0.157. The average molecular weight is 363 g/mol. The molecule has 0 amide bonds. The molecule has 0 radical (unpaired) electrons. The Labute approximate surface area is 144 Å². The van der Waals surface area contributed by atoms with E-state index in [1.165, 1.54) is 12.5 Å². The molecule has 0 saturated carbocycles. The first-order chi connectivity index (χ1) is 12.3. The zero-order chi connectivity index (χ0) is 18.5. The number of fused-ring (bicyclic) bond motifs is 1. The molecule has 0 fully saturated rings. The van der Waals surface area contributed by atoms with E-state index in [4.69, 9.17) is 0 Å². The summed E-state index contributed by atoms with van der Waals surface area (Å²) in [6.07, 6.45) is 0.0833. The van der Waals surface area contributed by atoms with Gasteiger partial charge in [0.15, 0.2) is 0 Å². The number of aromatic amines is 2. The van der Waals surface area contributed by atoms with E-state index in [9.17, 15) is 13.2 Å². The maximum Gasteiger partial charge on any atom is 0.451 e. The van der Waals surface area contributed by atoms with E-state index in [1.54, 1.807) is 21.6 Å². The van der Waals surface area contributed by atoms with E-state index < -0.39 is 12.0 Å². The van der Waals surface area contributed by atoms with Crippen LogP contribution in [0.15, 0.2) is 24.8 Å². The SMILES string of the molecule is CN(C)c1ccn2c(-c3cnc[nH]3)c(-c3n[nH]c(C(F)(F)F)n3)nc2n1. The van der Waals surface area contributed by atoms with Crippen LogP contribution in [0.3, 0.4) is 0 Å². The van der Waals surface area contributed by atoms with Crippen LogP contribution in [0.25, 0.3) is 28.7 Å². The summed E-state index contributed by atoms with van der Waals surface area (Å²) in [5.74, 6) is -0.425. The summed E-state index contributed by atoms with van der Waals surface area (Å²) in [4.78, 5) is 20.9. The number of nitrogens with one attached hydrogen (secondary N) is 2. The molecule has 4 aromatic heterocycles. The molecule has 0 aliphatic rings. The van der Waals surface area contributed by atoms with E-state index in [2.05, 4.69) is 30.0 Å². The summed E-state index contributed by atoms with van der Waals surface area (Å²) in [6, 6.07) is 1.76. The summed E-state index contributed by atoms with van der Waals surface area (Å²) in [5, 5.41) is 5.57. The highest BCUT2D eigenvalue weighted by atomic mass is 19.4. The number of aromatic nitrogens is 8. The largest absolute Gasteiger partial charge is 0.451 e. The zero-order valence-corrected chi connectivity index (χ0v) is 13.6. The van der Waals surface area contributed by atoms with Gasteiger partial charge >= 0.3 is 6.18 Å². The Hall–Kier alpha value is -3.44. The lowest BCUT2D eigenvalue weighted by Crippen LogP contribution is -2.11. The lowest BCUT2D eigenvalue weighted by Gasteiger charge is -2.10. The molecule has 0 atom stereocenters. The van der Waals surface area contributed by atoms with E-state index in [1.807, 2.05) is 19.2 Å². The van der Waals surface area contributed by atoms with Crippen molar-refractivity contribution >= 4 is 11.6 Å². The standard InChI is InChI=1S/C14H12F3N9/c1-25(2)8-3-4-26-10(7-5-18-6-19-7)9(21-13(26)20-8)11-22-12(24-23-11)14(15,16)17/h3-6H,1-2H3,(H,18,19)(H,22,23,24). The molecule has 26 heavy (non-hydrogen) atoms. The van der Waals surface area contributed by atoms with Crippen LogP contribution in [-0.4, -0.2) is 53.6 Å². The van der Waals surface area contributed by atoms with Gasteiger partial charge in [-0.15, -0.1) is 0 Å². The van der Waals surface area contributed by atoms with Crippen molar-refractivity contribution in [3.05, 3.63) is 30.6 Å². The van der Waals surface area contributed by atoms with Gasteiger partial charge in [-0.2, -0.15) is 23.3 Å². The molecule has 4 aromatic rings. The fourth-order valence-electron chi connectivity index (χ4n) is 2.46. The van der Waals surface area contributed by atoms with Gasteiger partial charge < -0.3 is 9.88 Å². The lowest BCUT2D eigenvalue weighted by atomic mass is 10.2. The van der Waals surface area contributed by atoms with Gasteiger partial charge in [0.1, 0.15) is 17.2 Å². The number of anilines is 1. The molecule has 134 valence electrons. The van der Waals surface area contributed by atoms with Crippen molar-refractivity contribution in [2.75, 3.05) is 19.0 Å². The first-order valence-electron chi connectivity index (χ1n) is 7.40. The highest BCUT2D eigenvalue weighted by Gasteiger charge is 2.36. The molecule has 9 nitrogen and oxygen atoms in total. The Balaban J connectivity index is 1.96. The topological polar surface area (TPSA) is 104 Å². The Kier molecular flexibility index (Phi) is 3.42. The predicted octanol–water partition coefficient (Wildman–Crippen LogP) is 1.99. The van der Waals surface area contributed by atoms with Gasteiger partial charge in [-0.25, -0.2) is 15.0 Å². The zero-order valence-electron chi connectivity index (χ0n) is 13.6. The van der Waals surface area contributed by atoms with Crippen LogP contribution < -0.4 is 4.90 Å². The van der Waals surface area contributed by atoms with Crippen LogP contribution in [-0.2, 0) is 6.18 Å². The van der Waals surface area contributed by atoms with Gasteiger partial charge in [-0.05, 0) is 6.07 Å².